The zero-order valence-corrected chi connectivity index (χ0v) is 25.0. The summed E-state index contributed by atoms with van der Waals surface area (Å²) in [6, 6.07) is 7.06. The molecular formula is C31H44O6S. The van der Waals surface area contributed by atoms with Gasteiger partial charge in [0.2, 0.25) is 0 Å². The van der Waals surface area contributed by atoms with E-state index in [9.17, 15) is 18.0 Å². The van der Waals surface area contributed by atoms with Crippen molar-refractivity contribution >= 4 is 21.8 Å². The summed E-state index contributed by atoms with van der Waals surface area (Å²) in [6.07, 6.45) is 6.67. The van der Waals surface area contributed by atoms with Crippen LogP contribution in [-0.4, -0.2) is 38.3 Å². The first-order valence-corrected chi connectivity index (χ1v) is 14.8. The summed E-state index contributed by atoms with van der Waals surface area (Å²) in [7, 11) is -3.68. The van der Waals surface area contributed by atoms with E-state index < -0.39 is 27.2 Å². The van der Waals surface area contributed by atoms with Gasteiger partial charge in [0, 0.05) is 20.3 Å². The predicted octanol–water partition coefficient (Wildman–Crippen LogP) is 6.83. The van der Waals surface area contributed by atoms with Crippen LogP contribution in [0, 0.1) is 12.3 Å². The van der Waals surface area contributed by atoms with Crippen molar-refractivity contribution in [1.29, 1.82) is 0 Å². The van der Waals surface area contributed by atoms with Gasteiger partial charge >= 0.3 is 11.9 Å². The molecule has 0 saturated heterocycles. The minimum atomic E-state index is -3.68. The molecule has 0 heterocycles. The quantitative estimate of drug-likeness (QED) is 0.224. The maximum Gasteiger partial charge on any atom is 0.303 e. The third-order valence-electron chi connectivity index (χ3n) is 7.13. The average molecular weight is 545 g/mol. The standard InChI is InChI=1S/C31H44O6S/c1-21-11-13-28(14-12-21)38(34,35)29(30-24(4)10-9-16-31(30,7)8)20-23(3)19-27(37-26(6)33)18-22(2)15-17-36-25(5)32/h11-15,19,27,29H,9-10,16-18,20H2,1-8H3. The first-order valence-electron chi connectivity index (χ1n) is 13.3. The summed E-state index contributed by atoms with van der Waals surface area (Å²) in [5.41, 5.74) is 4.65. The van der Waals surface area contributed by atoms with Gasteiger partial charge in [0.25, 0.3) is 0 Å². The van der Waals surface area contributed by atoms with Gasteiger partial charge in [-0.2, -0.15) is 0 Å². The monoisotopic (exact) mass is 544 g/mol. The highest BCUT2D eigenvalue weighted by Crippen LogP contribution is 2.46. The Hall–Kier alpha value is -2.67. The molecule has 0 saturated carbocycles. The third kappa shape index (κ3) is 8.97. The molecule has 0 aromatic heterocycles. The van der Waals surface area contributed by atoms with Crippen molar-refractivity contribution in [2.45, 2.75) is 104 Å². The zero-order chi connectivity index (χ0) is 28.7. The highest BCUT2D eigenvalue weighted by atomic mass is 32.2. The summed E-state index contributed by atoms with van der Waals surface area (Å²) < 4.78 is 38.8. The van der Waals surface area contributed by atoms with Gasteiger partial charge in [-0.15, -0.1) is 0 Å². The molecule has 0 radical (unpaired) electrons. The lowest BCUT2D eigenvalue weighted by atomic mass is 9.70. The van der Waals surface area contributed by atoms with E-state index in [-0.39, 0.29) is 18.0 Å². The van der Waals surface area contributed by atoms with Gasteiger partial charge < -0.3 is 9.47 Å². The number of carbonyl (C=O) groups excluding carboxylic acids is 2. The molecule has 2 atom stereocenters. The van der Waals surface area contributed by atoms with Gasteiger partial charge in [-0.05, 0) is 88.7 Å². The number of benzene rings is 1. The Morgan fingerprint density at radius 2 is 1.61 bits per heavy atom. The average Bonchev–Trinajstić information content (AvgIpc) is 2.77. The molecule has 2 rings (SSSR count). The van der Waals surface area contributed by atoms with Crippen LogP contribution in [0.2, 0.25) is 0 Å². The number of esters is 2. The van der Waals surface area contributed by atoms with Crippen LogP contribution < -0.4 is 0 Å². The fourth-order valence-corrected chi connectivity index (χ4v) is 7.50. The van der Waals surface area contributed by atoms with Crippen molar-refractivity contribution in [2.24, 2.45) is 5.41 Å². The van der Waals surface area contributed by atoms with E-state index in [4.69, 9.17) is 9.47 Å². The van der Waals surface area contributed by atoms with Gasteiger partial charge in [-0.3, -0.25) is 9.59 Å². The molecule has 1 aliphatic carbocycles. The highest BCUT2D eigenvalue weighted by molar-refractivity contribution is 7.92. The van der Waals surface area contributed by atoms with Crippen LogP contribution in [0.3, 0.4) is 0 Å². The fourth-order valence-electron chi connectivity index (χ4n) is 5.34. The summed E-state index contributed by atoms with van der Waals surface area (Å²) in [6.45, 7) is 14.9. The number of carbonyl (C=O) groups is 2. The lowest BCUT2D eigenvalue weighted by molar-refractivity contribution is -0.144. The van der Waals surface area contributed by atoms with E-state index >= 15 is 0 Å². The number of aryl methyl sites for hydroxylation is 1. The summed E-state index contributed by atoms with van der Waals surface area (Å²) >= 11 is 0. The highest BCUT2D eigenvalue weighted by Gasteiger charge is 2.40. The second-order valence-corrected chi connectivity index (χ2v) is 13.3. The number of ether oxygens (including phenoxy) is 2. The van der Waals surface area contributed by atoms with Gasteiger partial charge in [-0.1, -0.05) is 48.3 Å². The number of allylic oxidation sites excluding steroid dienone is 2. The predicted molar refractivity (Wildman–Crippen MR) is 151 cm³/mol. The van der Waals surface area contributed by atoms with Crippen LogP contribution in [0.4, 0.5) is 0 Å². The molecule has 0 aliphatic heterocycles. The van der Waals surface area contributed by atoms with Crippen molar-refractivity contribution in [3.8, 4) is 0 Å². The first-order chi connectivity index (χ1) is 17.6. The van der Waals surface area contributed by atoms with E-state index in [1.54, 1.807) is 18.2 Å². The normalized spacial score (nSPS) is 18.1. The van der Waals surface area contributed by atoms with Crippen LogP contribution in [0.15, 0.2) is 63.6 Å². The minimum Gasteiger partial charge on any atom is -0.462 e. The maximum absolute atomic E-state index is 14.1. The van der Waals surface area contributed by atoms with Gasteiger partial charge in [-0.25, -0.2) is 8.42 Å². The molecule has 7 heteroatoms. The lowest BCUT2D eigenvalue weighted by Gasteiger charge is -2.39. The molecule has 1 aliphatic rings. The smallest absolute Gasteiger partial charge is 0.303 e. The van der Waals surface area contributed by atoms with Gasteiger partial charge in [0.05, 0.1) is 10.1 Å². The Morgan fingerprint density at radius 1 is 0.974 bits per heavy atom. The van der Waals surface area contributed by atoms with E-state index in [0.717, 1.165) is 47.1 Å². The molecular weight excluding hydrogens is 500 g/mol. The van der Waals surface area contributed by atoms with Gasteiger partial charge in [0.15, 0.2) is 9.84 Å². The SMILES string of the molecule is CC(=O)OCC=C(C)CC(C=C(C)CC(C1=C(C)CCCC1(C)C)S(=O)(=O)c1ccc(C)cc1)OC(C)=O. The first kappa shape index (κ1) is 31.5. The number of hydrogen-bond acceptors (Lipinski definition) is 6. The Balaban J connectivity index is 2.48. The number of hydrogen-bond donors (Lipinski definition) is 0. The van der Waals surface area contributed by atoms with Crippen LogP contribution >= 0.6 is 0 Å². The van der Waals surface area contributed by atoms with Crippen LogP contribution in [-0.2, 0) is 28.9 Å². The minimum absolute atomic E-state index is 0.149. The molecule has 0 spiro atoms. The van der Waals surface area contributed by atoms with E-state index in [1.165, 1.54) is 13.8 Å². The van der Waals surface area contributed by atoms with Crippen molar-refractivity contribution < 1.29 is 27.5 Å². The van der Waals surface area contributed by atoms with Crippen LogP contribution in [0.5, 0.6) is 0 Å². The molecule has 0 amide bonds. The van der Waals surface area contributed by atoms with Crippen molar-refractivity contribution in [3.05, 3.63) is 64.3 Å². The third-order valence-corrected chi connectivity index (χ3v) is 9.21. The Morgan fingerprint density at radius 3 is 2.16 bits per heavy atom. The summed E-state index contributed by atoms with van der Waals surface area (Å²) in [5, 5.41) is -0.713. The topological polar surface area (TPSA) is 86.7 Å². The lowest BCUT2D eigenvalue weighted by Crippen LogP contribution is -2.35. The Kier molecular flexibility index (Phi) is 11.1. The maximum atomic E-state index is 14.1. The molecule has 0 bridgehead atoms. The van der Waals surface area contributed by atoms with Crippen LogP contribution in [0.25, 0.3) is 0 Å². The number of sulfone groups is 1. The summed E-state index contributed by atoms with van der Waals surface area (Å²) in [4.78, 5) is 23.2. The van der Waals surface area contributed by atoms with Crippen molar-refractivity contribution in [1.82, 2.24) is 0 Å². The number of rotatable bonds is 11. The molecule has 1 aromatic rings. The molecule has 0 fully saturated rings. The summed E-state index contributed by atoms with van der Waals surface area (Å²) in [5.74, 6) is -0.778. The van der Waals surface area contributed by atoms with E-state index in [0.29, 0.717) is 17.7 Å². The van der Waals surface area contributed by atoms with Crippen molar-refractivity contribution in [2.75, 3.05) is 6.61 Å². The van der Waals surface area contributed by atoms with Gasteiger partial charge in [0.1, 0.15) is 12.7 Å². The van der Waals surface area contributed by atoms with Crippen LogP contribution in [0.1, 0.15) is 86.1 Å². The fraction of sp³-hybridized carbons (Fsp3) is 0.548. The van der Waals surface area contributed by atoms with Crippen molar-refractivity contribution in [3.63, 3.8) is 0 Å². The molecule has 2 unspecified atom stereocenters. The molecule has 38 heavy (non-hydrogen) atoms. The molecule has 1 aromatic carbocycles. The zero-order valence-electron chi connectivity index (χ0n) is 24.2. The Bertz CT molecular complexity index is 1200. The largest absolute Gasteiger partial charge is 0.462 e. The second kappa shape index (κ2) is 13.4. The molecule has 6 nitrogen and oxygen atoms in total. The van der Waals surface area contributed by atoms with E-state index in [1.807, 2.05) is 39.0 Å². The second-order valence-electron chi connectivity index (χ2n) is 11.2. The molecule has 0 N–H and O–H groups in total. The molecule has 210 valence electrons. The van der Waals surface area contributed by atoms with E-state index in [2.05, 4.69) is 20.8 Å². The Labute approximate surface area is 229 Å².